The van der Waals surface area contributed by atoms with Gasteiger partial charge in [-0.2, -0.15) is 0 Å². The van der Waals surface area contributed by atoms with Crippen molar-refractivity contribution in [1.29, 1.82) is 0 Å². The lowest BCUT2D eigenvalue weighted by Gasteiger charge is -2.32. The number of thiocarbonyl (C=S) groups is 1. The van der Waals surface area contributed by atoms with Crippen LogP contribution in [0.25, 0.3) is 5.70 Å². The SMILES string of the molecule is O=c1cc(C2=C(CNC(=S)Nc3ccc(F)c(Cl)c3Cl)C=CCN2Cc2ccccc2)cc[nH]1. The molecular formula is C25H21Cl2FN4OS. The molecule has 0 radical (unpaired) electrons. The van der Waals surface area contributed by atoms with Crippen LogP contribution in [0, 0.1) is 5.82 Å². The van der Waals surface area contributed by atoms with Crippen molar-refractivity contribution < 1.29 is 4.39 Å². The first kappa shape index (κ1) is 24.0. The second-order valence-electron chi connectivity index (χ2n) is 7.61. The van der Waals surface area contributed by atoms with Crippen molar-refractivity contribution in [1.82, 2.24) is 15.2 Å². The number of aromatic amines is 1. The van der Waals surface area contributed by atoms with Crippen LogP contribution in [0.5, 0.6) is 0 Å². The molecule has 0 fully saturated rings. The van der Waals surface area contributed by atoms with Crippen LogP contribution in [0.3, 0.4) is 0 Å². The third kappa shape index (κ3) is 5.67. The summed E-state index contributed by atoms with van der Waals surface area (Å²) in [6.45, 7) is 1.78. The zero-order chi connectivity index (χ0) is 24.1. The summed E-state index contributed by atoms with van der Waals surface area (Å²) in [6, 6.07) is 16.3. The molecule has 174 valence electrons. The lowest BCUT2D eigenvalue weighted by molar-refractivity contribution is 0.425. The van der Waals surface area contributed by atoms with E-state index in [0.29, 0.717) is 30.4 Å². The fraction of sp³-hybridized carbons (Fsp3) is 0.120. The van der Waals surface area contributed by atoms with Gasteiger partial charge >= 0.3 is 0 Å². The summed E-state index contributed by atoms with van der Waals surface area (Å²) >= 11 is 17.4. The first-order chi connectivity index (χ1) is 16.4. The molecule has 1 aliphatic heterocycles. The molecule has 1 aliphatic rings. The molecule has 34 heavy (non-hydrogen) atoms. The number of pyridine rings is 1. The smallest absolute Gasteiger partial charge is 0.248 e. The van der Waals surface area contributed by atoms with Crippen LogP contribution in [0.4, 0.5) is 10.1 Å². The number of hydrogen-bond donors (Lipinski definition) is 3. The van der Waals surface area contributed by atoms with Gasteiger partial charge < -0.3 is 20.5 Å². The first-order valence-electron chi connectivity index (χ1n) is 10.5. The number of rotatable bonds is 6. The topological polar surface area (TPSA) is 60.2 Å². The Hall–Kier alpha value is -3.13. The summed E-state index contributed by atoms with van der Waals surface area (Å²) in [6.07, 6.45) is 5.74. The Morgan fingerprint density at radius 2 is 1.91 bits per heavy atom. The largest absolute Gasteiger partial charge is 0.363 e. The molecule has 0 bridgehead atoms. The molecule has 3 N–H and O–H groups in total. The molecular weight excluding hydrogens is 494 g/mol. The molecule has 0 amide bonds. The van der Waals surface area contributed by atoms with Crippen LogP contribution in [0.15, 0.2) is 83.3 Å². The molecule has 0 saturated carbocycles. The maximum Gasteiger partial charge on any atom is 0.248 e. The van der Waals surface area contributed by atoms with Gasteiger partial charge in [-0.05, 0) is 41.6 Å². The molecule has 2 aromatic carbocycles. The van der Waals surface area contributed by atoms with Crippen LogP contribution in [-0.2, 0) is 6.54 Å². The van der Waals surface area contributed by atoms with Crippen molar-refractivity contribution in [3.05, 3.63) is 116 Å². The van der Waals surface area contributed by atoms with Crippen molar-refractivity contribution >= 4 is 51.9 Å². The molecule has 0 aliphatic carbocycles. The summed E-state index contributed by atoms with van der Waals surface area (Å²) < 4.78 is 13.6. The fourth-order valence-corrected chi connectivity index (χ4v) is 4.26. The van der Waals surface area contributed by atoms with Crippen LogP contribution in [0.1, 0.15) is 11.1 Å². The molecule has 0 saturated heterocycles. The minimum absolute atomic E-state index is 0.0563. The molecule has 5 nitrogen and oxygen atoms in total. The number of nitrogens with zero attached hydrogens (tertiary/aromatic N) is 1. The number of H-pyrrole nitrogens is 1. The van der Waals surface area contributed by atoms with Crippen molar-refractivity contribution in [3.8, 4) is 0 Å². The molecule has 3 aromatic rings. The van der Waals surface area contributed by atoms with Gasteiger partial charge in [-0.25, -0.2) is 4.39 Å². The highest BCUT2D eigenvalue weighted by atomic mass is 35.5. The van der Waals surface area contributed by atoms with Crippen LogP contribution in [0.2, 0.25) is 10.0 Å². The highest BCUT2D eigenvalue weighted by Gasteiger charge is 2.20. The summed E-state index contributed by atoms with van der Waals surface area (Å²) in [5.74, 6) is -0.602. The summed E-state index contributed by atoms with van der Waals surface area (Å²) in [7, 11) is 0. The monoisotopic (exact) mass is 514 g/mol. The maximum absolute atomic E-state index is 13.6. The minimum Gasteiger partial charge on any atom is -0.363 e. The maximum atomic E-state index is 13.6. The van der Waals surface area contributed by atoms with Crippen LogP contribution >= 0.6 is 35.4 Å². The zero-order valence-corrected chi connectivity index (χ0v) is 20.3. The predicted molar refractivity (Wildman–Crippen MR) is 141 cm³/mol. The Bertz CT molecular complexity index is 1320. The third-order valence-electron chi connectivity index (χ3n) is 5.25. The Kier molecular flexibility index (Phi) is 7.67. The van der Waals surface area contributed by atoms with Gasteiger partial charge in [0.15, 0.2) is 5.11 Å². The highest BCUT2D eigenvalue weighted by molar-refractivity contribution is 7.80. The molecule has 4 rings (SSSR count). The van der Waals surface area contributed by atoms with Gasteiger partial charge in [-0.3, -0.25) is 4.79 Å². The Morgan fingerprint density at radius 1 is 1.12 bits per heavy atom. The molecule has 9 heteroatoms. The quantitative estimate of drug-likeness (QED) is 0.295. The average molecular weight is 515 g/mol. The fourth-order valence-electron chi connectivity index (χ4n) is 3.71. The minimum atomic E-state index is -0.602. The first-order valence-corrected chi connectivity index (χ1v) is 11.6. The third-order valence-corrected chi connectivity index (χ3v) is 6.36. The number of benzene rings is 2. The van der Waals surface area contributed by atoms with Gasteiger partial charge in [0, 0.05) is 43.2 Å². The summed E-state index contributed by atoms with van der Waals surface area (Å²) in [4.78, 5) is 16.9. The van der Waals surface area contributed by atoms with Gasteiger partial charge in [0.1, 0.15) is 5.82 Å². The Morgan fingerprint density at radius 3 is 2.68 bits per heavy atom. The molecule has 0 spiro atoms. The second kappa shape index (κ2) is 10.9. The standard InChI is InChI=1S/C25H21Cl2FN4OS/c26-22-19(28)8-9-20(23(22)27)31-25(34)30-14-18-7-4-12-32(15-16-5-2-1-3-6-16)24(18)17-10-11-29-21(33)13-17/h1-11,13H,12,14-15H2,(H,29,33)(H2,30,31,34). The van der Waals surface area contributed by atoms with E-state index in [1.165, 1.54) is 12.1 Å². The van der Waals surface area contributed by atoms with E-state index in [-0.39, 0.29) is 15.6 Å². The summed E-state index contributed by atoms with van der Waals surface area (Å²) in [5.41, 5.74) is 4.10. The zero-order valence-electron chi connectivity index (χ0n) is 17.9. The van der Waals surface area contributed by atoms with Crippen molar-refractivity contribution in [2.45, 2.75) is 6.54 Å². The van der Waals surface area contributed by atoms with E-state index in [1.807, 2.05) is 30.3 Å². The Labute approximate surface area is 211 Å². The van der Waals surface area contributed by atoms with Crippen LogP contribution < -0.4 is 16.2 Å². The second-order valence-corrected chi connectivity index (χ2v) is 8.78. The van der Waals surface area contributed by atoms with E-state index >= 15 is 0 Å². The van der Waals surface area contributed by atoms with Gasteiger partial charge in [-0.1, -0.05) is 65.7 Å². The van der Waals surface area contributed by atoms with Gasteiger partial charge in [-0.15, -0.1) is 0 Å². The van der Waals surface area contributed by atoms with E-state index in [0.717, 1.165) is 22.4 Å². The molecule has 1 aromatic heterocycles. The predicted octanol–water partition coefficient (Wildman–Crippen LogP) is 5.59. The van der Waals surface area contributed by atoms with E-state index in [1.54, 1.807) is 12.3 Å². The van der Waals surface area contributed by atoms with Crippen molar-refractivity contribution in [2.75, 3.05) is 18.4 Å². The lowest BCUT2D eigenvalue weighted by Crippen LogP contribution is -2.33. The van der Waals surface area contributed by atoms with Gasteiger partial charge in [0.2, 0.25) is 5.56 Å². The average Bonchev–Trinajstić information content (AvgIpc) is 2.84. The van der Waals surface area contributed by atoms with Crippen molar-refractivity contribution in [3.63, 3.8) is 0 Å². The van der Waals surface area contributed by atoms with E-state index in [2.05, 4.69) is 38.7 Å². The summed E-state index contributed by atoms with van der Waals surface area (Å²) in [5, 5.41) is 6.31. The number of aromatic nitrogens is 1. The molecule has 0 unspecified atom stereocenters. The normalized spacial score (nSPS) is 13.2. The number of halogens is 3. The van der Waals surface area contributed by atoms with Crippen LogP contribution in [-0.4, -0.2) is 28.1 Å². The lowest BCUT2D eigenvalue weighted by atomic mass is 10.0. The number of hydrogen-bond acceptors (Lipinski definition) is 3. The number of anilines is 1. The molecule has 0 atom stereocenters. The van der Waals surface area contributed by atoms with Gasteiger partial charge in [0.05, 0.1) is 15.7 Å². The number of nitrogens with one attached hydrogen (secondary N) is 3. The molecule has 2 heterocycles. The van der Waals surface area contributed by atoms with Gasteiger partial charge in [0.25, 0.3) is 0 Å². The highest BCUT2D eigenvalue weighted by Crippen LogP contribution is 2.32. The Balaban J connectivity index is 1.58. The van der Waals surface area contributed by atoms with E-state index < -0.39 is 5.82 Å². The van der Waals surface area contributed by atoms with E-state index in [9.17, 15) is 9.18 Å². The van der Waals surface area contributed by atoms with E-state index in [4.69, 9.17) is 35.4 Å². The van der Waals surface area contributed by atoms with Crippen molar-refractivity contribution in [2.24, 2.45) is 0 Å².